The van der Waals surface area contributed by atoms with Crippen LogP contribution in [0, 0.1) is 23.7 Å². The van der Waals surface area contributed by atoms with E-state index in [0.29, 0.717) is 40.2 Å². The molecule has 0 spiro atoms. The molecule has 0 saturated heterocycles. The van der Waals surface area contributed by atoms with Crippen molar-refractivity contribution >= 4 is 28.6 Å². The van der Waals surface area contributed by atoms with E-state index in [0.717, 1.165) is 0 Å². The van der Waals surface area contributed by atoms with Crippen molar-refractivity contribution in [1.82, 2.24) is 14.9 Å². The minimum Gasteiger partial charge on any atom is -0.339 e. The summed E-state index contributed by atoms with van der Waals surface area (Å²) in [6.45, 7) is 3.87. The van der Waals surface area contributed by atoms with E-state index < -0.39 is 5.54 Å². The number of nitrogens with one attached hydrogen (secondary N) is 1. The number of benzene rings is 2. The molecule has 0 aliphatic heterocycles. The zero-order valence-electron chi connectivity index (χ0n) is 17.4. The Labute approximate surface area is 185 Å². The molecule has 0 aliphatic rings. The van der Waals surface area contributed by atoms with Crippen LogP contribution in [-0.2, 0) is 4.79 Å². The molecule has 1 heterocycles. The lowest BCUT2D eigenvalue weighted by Gasteiger charge is -2.27. The first-order valence-electron chi connectivity index (χ1n) is 9.90. The molecule has 0 aliphatic carbocycles. The van der Waals surface area contributed by atoms with Crippen molar-refractivity contribution in [1.29, 1.82) is 5.26 Å². The molecule has 1 aromatic heterocycles. The molecule has 156 valence electrons. The zero-order chi connectivity index (χ0) is 22.4. The van der Waals surface area contributed by atoms with Gasteiger partial charge in [-0.3, -0.25) is 14.2 Å². The van der Waals surface area contributed by atoms with Crippen LogP contribution in [0.2, 0.25) is 0 Å². The minimum absolute atomic E-state index is 0.0600. The van der Waals surface area contributed by atoms with E-state index >= 15 is 0 Å². The van der Waals surface area contributed by atoms with E-state index in [9.17, 15) is 9.59 Å². The van der Waals surface area contributed by atoms with E-state index in [4.69, 9.17) is 11.7 Å². The number of nitriles is 1. The highest BCUT2D eigenvalue weighted by molar-refractivity contribution is 7.99. The molecule has 7 heteroatoms. The first kappa shape index (κ1) is 22.1. The number of para-hydroxylation sites is 1. The summed E-state index contributed by atoms with van der Waals surface area (Å²) in [6.07, 6.45) is 6.89. The number of amides is 1. The Morgan fingerprint density at radius 1 is 1.19 bits per heavy atom. The van der Waals surface area contributed by atoms with Crippen LogP contribution in [0.1, 0.15) is 32.3 Å². The van der Waals surface area contributed by atoms with Crippen LogP contribution < -0.4 is 10.9 Å². The van der Waals surface area contributed by atoms with Crippen molar-refractivity contribution in [2.24, 2.45) is 0 Å². The second-order valence-corrected chi connectivity index (χ2v) is 7.92. The van der Waals surface area contributed by atoms with Crippen LogP contribution in [0.5, 0.6) is 0 Å². The van der Waals surface area contributed by atoms with Gasteiger partial charge in [-0.05, 0) is 49.2 Å². The van der Waals surface area contributed by atoms with Gasteiger partial charge >= 0.3 is 0 Å². The summed E-state index contributed by atoms with van der Waals surface area (Å²) in [4.78, 5) is 30.5. The van der Waals surface area contributed by atoms with E-state index in [2.05, 4.69) is 22.3 Å². The Hall–Kier alpha value is -3.55. The van der Waals surface area contributed by atoms with Gasteiger partial charge in [-0.1, -0.05) is 43.7 Å². The third-order valence-corrected chi connectivity index (χ3v) is 6.13. The van der Waals surface area contributed by atoms with Gasteiger partial charge in [-0.25, -0.2) is 4.98 Å². The monoisotopic (exact) mass is 430 g/mol. The van der Waals surface area contributed by atoms with Crippen molar-refractivity contribution in [3.8, 4) is 24.1 Å². The standard InChI is InChI=1S/C24H22N4O2S/c1-4-24(5-2,6-3)27-21(29)16-31-23-26-20-10-8-7-9-19(20)22(30)28(23)18-13-11-17(15-25)12-14-18/h1,7-14H,5-6,16H2,2-3H3,(H,27,29). The highest BCUT2D eigenvalue weighted by Gasteiger charge is 2.25. The van der Waals surface area contributed by atoms with Crippen LogP contribution in [0.4, 0.5) is 0 Å². The van der Waals surface area contributed by atoms with Gasteiger partial charge in [0.25, 0.3) is 5.56 Å². The molecule has 0 radical (unpaired) electrons. The number of hydrogen-bond donors (Lipinski definition) is 1. The lowest BCUT2D eigenvalue weighted by atomic mass is 9.94. The van der Waals surface area contributed by atoms with Gasteiger partial charge in [-0.2, -0.15) is 5.26 Å². The topological polar surface area (TPSA) is 87.8 Å². The Kier molecular flexibility index (Phi) is 6.79. The molecule has 2 aromatic carbocycles. The number of carbonyl (C=O) groups is 1. The second-order valence-electron chi connectivity index (χ2n) is 6.98. The van der Waals surface area contributed by atoms with E-state index in [1.54, 1.807) is 42.5 Å². The average Bonchev–Trinajstić information content (AvgIpc) is 2.81. The SMILES string of the molecule is C#CC(CC)(CC)NC(=O)CSc1nc2ccccc2c(=O)n1-c1ccc(C#N)cc1. The third-order valence-electron chi connectivity index (χ3n) is 5.19. The van der Waals surface area contributed by atoms with Crippen molar-refractivity contribution in [2.75, 3.05) is 5.75 Å². The summed E-state index contributed by atoms with van der Waals surface area (Å²) in [6, 6.07) is 15.8. The number of thioether (sulfide) groups is 1. The molecular weight excluding hydrogens is 408 g/mol. The van der Waals surface area contributed by atoms with E-state index in [1.807, 2.05) is 19.9 Å². The quantitative estimate of drug-likeness (QED) is 0.351. The minimum atomic E-state index is -0.679. The number of carbonyl (C=O) groups excluding carboxylic acids is 1. The maximum absolute atomic E-state index is 13.2. The number of nitrogens with zero attached hydrogens (tertiary/aromatic N) is 3. The molecule has 0 unspecified atom stereocenters. The Morgan fingerprint density at radius 3 is 2.48 bits per heavy atom. The highest BCUT2D eigenvalue weighted by atomic mass is 32.2. The van der Waals surface area contributed by atoms with Crippen LogP contribution in [0.3, 0.4) is 0 Å². The van der Waals surface area contributed by atoms with Gasteiger partial charge < -0.3 is 5.32 Å². The van der Waals surface area contributed by atoms with Crippen molar-refractivity contribution in [2.45, 2.75) is 37.4 Å². The Balaban J connectivity index is 1.99. The molecule has 31 heavy (non-hydrogen) atoms. The third kappa shape index (κ3) is 4.63. The fourth-order valence-electron chi connectivity index (χ4n) is 3.22. The molecule has 0 fully saturated rings. The van der Waals surface area contributed by atoms with Gasteiger partial charge in [0.15, 0.2) is 5.16 Å². The van der Waals surface area contributed by atoms with Gasteiger partial charge in [-0.15, -0.1) is 6.42 Å². The molecule has 1 amide bonds. The maximum atomic E-state index is 13.2. The summed E-state index contributed by atoms with van der Waals surface area (Å²) < 4.78 is 1.47. The van der Waals surface area contributed by atoms with Gasteiger partial charge in [0.2, 0.25) is 5.91 Å². The van der Waals surface area contributed by atoms with Crippen molar-refractivity contribution < 1.29 is 4.79 Å². The fourth-order valence-corrected chi connectivity index (χ4v) is 4.03. The normalized spacial score (nSPS) is 11.0. The first-order valence-corrected chi connectivity index (χ1v) is 10.9. The molecule has 6 nitrogen and oxygen atoms in total. The van der Waals surface area contributed by atoms with Gasteiger partial charge in [0.05, 0.1) is 34.0 Å². The predicted molar refractivity (Wildman–Crippen MR) is 123 cm³/mol. The summed E-state index contributed by atoms with van der Waals surface area (Å²) >= 11 is 1.17. The van der Waals surface area contributed by atoms with Crippen LogP contribution in [0.15, 0.2) is 58.5 Å². The van der Waals surface area contributed by atoms with Crippen molar-refractivity contribution in [3.05, 3.63) is 64.4 Å². The molecule has 0 saturated carbocycles. The largest absolute Gasteiger partial charge is 0.339 e. The molecular formula is C24H22N4O2S. The number of hydrogen-bond acceptors (Lipinski definition) is 5. The number of terminal acetylenes is 1. The number of aromatic nitrogens is 2. The lowest BCUT2D eigenvalue weighted by molar-refractivity contribution is -0.119. The van der Waals surface area contributed by atoms with Crippen LogP contribution >= 0.6 is 11.8 Å². The van der Waals surface area contributed by atoms with Crippen LogP contribution in [-0.4, -0.2) is 26.8 Å². The summed E-state index contributed by atoms with van der Waals surface area (Å²) in [5.74, 6) is 2.53. The first-order chi connectivity index (χ1) is 15.0. The maximum Gasteiger partial charge on any atom is 0.266 e. The zero-order valence-corrected chi connectivity index (χ0v) is 18.2. The predicted octanol–water partition coefficient (Wildman–Crippen LogP) is 3.66. The highest BCUT2D eigenvalue weighted by Crippen LogP contribution is 2.22. The van der Waals surface area contributed by atoms with Gasteiger partial charge in [0, 0.05) is 0 Å². The van der Waals surface area contributed by atoms with E-state index in [-0.39, 0.29) is 17.2 Å². The lowest BCUT2D eigenvalue weighted by Crippen LogP contribution is -2.47. The Bertz CT molecular complexity index is 1250. The van der Waals surface area contributed by atoms with E-state index in [1.165, 1.54) is 16.3 Å². The molecule has 0 bridgehead atoms. The summed E-state index contributed by atoms with van der Waals surface area (Å²) in [5, 5.41) is 12.9. The number of fused-ring (bicyclic) bond motifs is 1. The average molecular weight is 431 g/mol. The number of rotatable bonds is 7. The smallest absolute Gasteiger partial charge is 0.266 e. The molecule has 3 aromatic rings. The summed E-state index contributed by atoms with van der Waals surface area (Å²) in [7, 11) is 0. The van der Waals surface area contributed by atoms with Gasteiger partial charge in [0.1, 0.15) is 5.54 Å². The van der Waals surface area contributed by atoms with Crippen LogP contribution in [0.25, 0.3) is 16.6 Å². The second kappa shape index (κ2) is 9.51. The van der Waals surface area contributed by atoms with Crippen molar-refractivity contribution in [3.63, 3.8) is 0 Å². The summed E-state index contributed by atoms with van der Waals surface area (Å²) in [5.41, 5.74) is 0.703. The molecule has 0 atom stereocenters. The molecule has 3 rings (SSSR count). The molecule has 1 N–H and O–H groups in total. The Morgan fingerprint density at radius 2 is 1.87 bits per heavy atom. The fraction of sp³-hybridized carbons (Fsp3) is 0.250.